The lowest BCUT2D eigenvalue weighted by molar-refractivity contribution is -0.145. The van der Waals surface area contributed by atoms with Crippen LogP contribution in [0, 0.1) is 5.92 Å². The van der Waals surface area contributed by atoms with Crippen molar-refractivity contribution in [3.8, 4) is 0 Å². The van der Waals surface area contributed by atoms with Crippen LogP contribution in [-0.4, -0.2) is 72.8 Å². The fourth-order valence-corrected chi connectivity index (χ4v) is 7.33. The number of aromatic nitrogens is 1. The van der Waals surface area contributed by atoms with Gasteiger partial charge in [0.1, 0.15) is 12.2 Å². The Hall–Kier alpha value is -3.21. The number of amides is 2. The fourth-order valence-electron chi connectivity index (χ4n) is 5.52. The van der Waals surface area contributed by atoms with Gasteiger partial charge in [-0.3, -0.25) is 14.6 Å². The van der Waals surface area contributed by atoms with Crippen LogP contribution >= 0.6 is 11.6 Å². The number of halogens is 1. The van der Waals surface area contributed by atoms with Gasteiger partial charge in [0.15, 0.2) is 0 Å². The summed E-state index contributed by atoms with van der Waals surface area (Å²) in [6, 6.07) is 13.1. The van der Waals surface area contributed by atoms with Crippen LogP contribution in [0.3, 0.4) is 0 Å². The van der Waals surface area contributed by atoms with E-state index in [2.05, 4.69) is 15.2 Å². The summed E-state index contributed by atoms with van der Waals surface area (Å²) in [6.45, 7) is 5.13. The molecule has 3 heterocycles. The Morgan fingerprint density at radius 2 is 1.72 bits per heavy atom. The topological polar surface area (TPSA) is 103 Å². The molecule has 2 aromatic carbocycles. The number of nitrogens with zero attached hydrogens (tertiary/aromatic N) is 4. The van der Waals surface area contributed by atoms with Crippen molar-refractivity contribution >= 4 is 49.9 Å². The van der Waals surface area contributed by atoms with Gasteiger partial charge in [0.25, 0.3) is 0 Å². The summed E-state index contributed by atoms with van der Waals surface area (Å²) < 4.78 is 28.7. The largest absolute Gasteiger partial charge is 0.371 e. The van der Waals surface area contributed by atoms with Crippen LogP contribution in [0.15, 0.2) is 65.8 Å². The average Bonchev–Trinajstić information content (AvgIpc) is 2.92. The minimum atomic E-state index is -4.02. The fraction of sp³-hybridized carbons (Fsp3) is 0.393. The van der Waals surface area contributed by atoms with Crippen molar-refractivity contribution in [1.29, 1.82) is 0 Å². The van der Waals surface area contributed by atoms with Gasteiger partial charge in [-0.2, -0.15) is 4.31 Å². The van der Waals surface area contributed by atoms with Gasteiger partial charge in [-0.05, 0) is 72.9 Å². The van der Waals surface area contributed by atoms with E-state index >= 15 is 0 Å². The Morgan fingerprint density at radius 1 is 1.05 bits per heavy atom. The molecule has 5 rings (SSSR count). The molecule has 2 aliphatic heterocycles. The zero-order valence-corrected chi connectivity index (χ0v) is 23.5. The molecule has 206 valence electrons. The van der Waals surface area contributed by atoms with E-state index in [0.29, 0.717) is 11.6 Å². The number of pyridine rings is 1. The number of rotatable bonds is 6. The number of anilines is 1. The van der Waals surface area contributed by atoms with Gasteiger partial charge in [0, 0.05) is 49.7 Å². The van der Waals surface area contributed by atoms with E-state index in [0.717, 1.165) is 42.4 Å². The van der Waals surface area contributed by atoms with Crippen molar-refractivity contribution in [3.63, 3.8) is 0 Å². The second-order valence-electron chi connectivity index (χ2n) is 10.2. The molecule has 1 aromatic heterocycles. The molecule has 11 heteroatoms. The van der Waals surface area contributed by atoms with Crippen molar-refractivity contribution in [1.82, 2.24) is 19.5 Å². The molecule has 0 aliphatic carbocycles. The minimum absolute atomic E-state index is 0.0245. The first-order chi connectivity index (χ1) is 18.6. The number of piperazine rings is 1. The highest BCUT2D eigenvalue weighted by Crippen LogP contribution is 2.30. The maximum absolute atomic E-state index is 13.8. The zero-order chi connectivity index (χ0) is 27.7. The Morgan fingerprint density at radius 3 is 2.41 bits per heavy atom. The first kappa shape index (κ1) is 27.4. The molecule has 39 heavy (non-hydrogen) atoms. The highest BCUT2D eigenvalue weighted by molar-refractivity contribution is 7.89. The highest BCUT2D eigenvalue weighted by Gasteiger charge is 2.44. The van der Waals surface area contributed by atoms with Crippen molar-refractivity contribution in [3.05, 3.63) is 65.9 Å². The molecule has 1 N–H and O–H groups in total. The third kappa shape index (κ3) is 5.73. The number of carbonyl (C=O) groups is 2. The molecular weight excluding hydrogens is 538 g/mol. The average molecular weight is 570 g/mol. The predicted octanol–water partition coefficient (Wildman–Crippen LogP) is 3.49. The standard InChI is InChI=1S/C28H32ClN5O4S/c1-19-28(36)33(17-21-9-13-32(14-10-21)25-7-11-30-12-8-25)27(31-20(2)35)18-34(19)39(37,38)26-6-4-22-15-24(29)5-3-23(22)16-26/h3-8,11-12,15-16,19,21,27H,9-10,13-14,17-18H2,1-2H3,(H,31,35). The number of benzene rings is 2. The molecule has 2 amide bonds. The summed E-state index contributed by atoms with van der Waals surface area (Å²) in [5.41, 5.74) is 1.12. The third-order valence-corrected chi connectivity index (χ3v) is 9.82. The van der Waals surface area contributed by atoms with E-state index in [4.69, 9.17) is 11.6 Å². The number of hydrogen-bond donors (Lipinski definition) is 1. The normalized spacial score (nSPS) is 21.4. The number of hydrogen-bond acceptors (Lipinski definition) is 6. The molecule has 9 nitrogen and oxygen atoms in total. The van der Waals surface area contributed by atoms with Crippen molar-refractivity contribution in [2.75, 3.05) is 31.1 Å². The number of piperidine rings is 1. The second-order valence-corrected chi connectivity index (χ2v) is 12.6. The third-order valence-electron chi connectivity index (χ3n) is 7.65. The van der Waals surface area contributed by atoms with Crippen molar-refractivity contribution in [2.24, 2.45) is 5.92 Å². The Bertz CT molecular complexity index is 1480. The van der Waals surface area contributed by atoms with E-state index in [1.165, 1.54) is 17.3 Å². The van der Waals surface area contributed by atoms with Crippen LogP contribution in [-0.2, 0) is 19.6 Å². The predicted molar refractivity (Wildman–Crippen MR) is 151 cm³/mol. The molecule has 0 bridgehead atoms. The monoisotopic (exact) mass is 569 g/mol. The maximum Gasteiger partial charge on any atom is 0.243 e. The van der Waals surface area contributed by atoms with Crippen LogP contribution in [0.5, 0.6) is 0 Å². The van der Waals surface area contributed by atoms with Gasteiger partial charge in [0.2, 0.25) is 21.8 Å². The summed E-state index contributed by atoms with van der Waals surface area (Å²) >= 11 is 6.07. The molecule has 0 saturated carbocycles. The van der Waals surface area contributed by atoms with Gasteiger partial charge in [-0.25, -0.2) is 8.42 Å². The summed E-state index contributed by atoms with van der Waals surface area (Å²) in [4.78, 5) is 33.9. The molecule has 2 aliphatic rings. The Labute approximate surface area is 233 Å². The first-order valence-corrected chi connectivity index (χ1v) is 14.9. The highest BCUT2D eigenvalue weighted by atomic mass is 35.5. The van der Waals surface area contributed by atoms with E-state index in [-0.39, 0.29) is 29.2 Å². The number of fused-ring (bicyclic) bond motifs is 1. The lowest BCUT2D eigenvalue weighted by atomic mass is 9.95. The summed E-state index contributed by atoms with van der Waals surface area (Å²) in [6.07, 6.45) is 4.58. The molecule has 2 unspecified atom stereocenters. The van der Waals surface area contributed by atoms with E-state index in [1.807, 2.05) is 12.1 Å². The minimum Gasteiger partial charge on any atom is -0.371 e. The van der Waals surface area contributed by atoms with Crippen molar-refractivity contribution in [2.45, 2.75) is 43.8 Å². The second kappa shape index (κ2) is 11.1. The van der Waals surface area contributed by atoms with Crippen molar-refractivity contribution < 1.29 is 18.0 Å². The lowest BCUT2D eigenvalue weighted by Crippen LogP contribution is -2.67. The van der Waals surface area contributed by atoms with Crippen LogP contribution in [0.4, 0.5) is 5.69 Å². The molecular formula is C28H32ClN5O4S. The molecule has 2 saturated heterocycles. The molecule has 2 fully saturated rings. The quantitative estimate of drug-likeness (QED) is 0.487. The smallest absolute Gasteiger partial charge is 0.243 e. The summed E-state index contributed by atoms with van der Waals surface area (Å²) in [5, 5.41) is 4.94. The summed E-state index contributed by atoms with van der Waals surface area (Å²) in [5.74, 6) is -0.390. The van der Waals surface area contributed by atoms with Crippen LogP contribution in [0.1, 0.15) is 26.7 Å². The summed E-state index contributed by atoms with van der Waals surface area (Å²) in [7, 11) is -4.02. The van der Waals surface area contributed by atoms with Gasteiger partial charge in [-0.1, -0.05) is 23.7 Å². The first-order valence-electron chi connectivity index (χ1n) is 13.1. The lowest BCUT2D eigenvalue weighted by Gasteiger charge is -2.46. The molecule has 2 atom stereocenters. The number of carbonyl (C=O) groups excluding carboxylic acids is 2. The maximum atomic E-state index is 13.8. The van der Waals surface area contributed by atoms with Gasteiger partial charge < -0.3 is 15.1 Å². The molecule has 0 spiro atoms. The Balaban J connectivity index is 1.34. The van der Waals surface area contributed by atoms with Crippen LogP contribution in [0.2, 0.25) is 5.02 Å². The number of nitrogens with one attached hydrogen (secondary N) is 1. The van der Waals surface area contributed by atoms with E-state index in [9.17, 15) is 18.0 Å². The van der Waals surface area contributed by atoms with Crippen LogP contribution in [0.25, 0.3) is 10.8 Å². The SMILES string of the molecule is CC(=O)NC1CN(S(=O)(=O)c2ccc3cc(Cl)ccc3c2)C(C)C(=O)N1CC1CCN(c2ccncc2)CC1. The Kier molecular flexibility index (Phi) is 7.80. The molecule has 0 radical (unpaired) electrons. The van der Waals surface area contributed by atoms with Crippen LogP contribution < -0.4 is 10.2 Å². The van der Waals surface area contributed by atoms with E-state index in [1.54, 1.807) is 54.5 Å². The van der Waals surface area contributed by atoms with E-state index < -0.39 is 22.2 Å². The van der Waals surface area contributed by atoms with Gasteiger partial charge >= 0.3 is 0 Å². The van der Waals surface area contributed by atoms with Gasteiger partial charge in [0.05, 0.1) is 11.4 Å². The number of sulfonamides is 1. The van der Waals surface area contributed by atoms with Gasteiger partial charge in [-0.15, -0.1) is 0 Å². The zero-order valence-electron chi connectivity index (χ0n) is 22.0. The molecule has 3 aromatic rings.